The number of urea groups is 1. The van der Waals surface area contributed by atoms with Gasteiger partial charge in [0.25, 0.3) is 0 Å². The molecule has 1 aromatic carbocycles. The van der Waals surface area contributed by atoms with Crippen molar-refractivity contribution in [3.8, 4) is 0 Å². The maximum Gasteiger partial charge on any atom is 0.329 e. The molecule has 0 saturated heterocycles. The van der Waals surface area contributed by atoms with E-state index in [-0.39, 0.29) is 6.03 Å². The van der Waals surface area contributed by atoms with Crippen molar-refractivity contribution in [3.05, 3.63) is 29.8 Å². The van der Waals surface area contributed by atoms with Crippen molar-refractivity contribution >= 4 is 17.7 Å². The Bertz CT molecular complexity index is 480. The molecule has 1 N–H and O–H groups in total. The lowest BCUT2D eigenvalue weighted by Gasteiger charge is -2.34. The molecule has 0 fully saturated rings. The van der Waals surface area contributed by atoms with E-state index in [2.05, 4.69) is 0 Å². The van der Waals surface area contributed by atoms with Crippen LogP contribution in [0.5, 0.6) is 0 Å². The van der Waals surface area contributed by atoms with Crippen LogP contribution in [0.3, 0.4) is 0 Å². The van der Waals surface area contributed by atoms with Crippen molar-refractivity contribution in [2.24, 2.45) is 0 Å². The molecule has 5 heteroatoms. The van der Waals surface area contributed by atoms with Gasteiger partial charge in [0.15, 0.2) is 0 Å². The number of carbonyl (C=O) groups is 2. The number of carboxylic acids is 1. The summed E-state index contributed by atoms with van der Waals surface area (Å²) in [5.41, 5.74) is 0.572. The first kappa shape index (κ1) is 15.0. The van der Waals surface area contributed by atoms with Crippen LogP contribution in [0.2, 0.25) is 0 Å². The van der Waals surface area contributed by atoms with Crippen molar-refractivity contribution in [1.82, 2.24) is 4.90 Å². The molecule has 0 aliphatic heterocycles. The van der Waals surface area contributed by atoms with Gasteiger partial charge in [-0.25, -0.2) is 9.59 Å². The van der Waals surface area contributed by atoms with Crippen molar-refractivity contribution in [2.45, 2.75) is 26.3 Å². The molecule has 2 amide bonds. The highest BCUT2D eigenvalue weighted by Gasteiger charge is 2.36. The number of benzene rings is 1. The van der Waals surface area contributed by atoms with Gasteiger partial charge in [0, 0.05) is 19.8 Å². The van der Waals surface area contributed by atoms with Crippen molar-refractivity contribution < 1.29 is 14.7 Å². The van der Waals surface area contributed by atoms with Gasteiger partial charge in [-0.2, -0.15) is 0 Å². The molecule has 1 aromatic rings. The van der Waals surface area contributed by atoms with Gasteiger partial charge in [-0.1, -0.05) is 17.7 Å². The van der Waals surface area contributed by atoms with E-state index in [9.17, 15) is 9.59 Å². The minimum atomic E-state index is -1.25. The fraction of sp³-hybridized carbons (Fsp3) is 0.429. The number of anilines is 1. The van der Waals surface area contributed by atoms with Gasteiger partial charge < -0.3 is 10.0 Å². The average molecular weight is 264 g/mol. The first-order chi connectivity index (χ1) is 8.67. The van der Waals surface area contributed by atoms with Gasteiger partial charge in [0.1, 0.15) is 5.54 Å². The second-order valence-corrected chi connectivity index (χ2v) is 5.10. The molecule has 0 saturated carbocycles. The van der Waals surface area contributed by atoms with Gasteiger partial charge in [0.05, 0.1) is 0 Å². The number of carboxylic acid groups (broad SMARTS) is 1. The lowest BCUT2D eigenvalue weighted by molar-refractivity contribution is -0.146. The van der Waals surface area contributed by atoms with Crippen LogP contribution < -0.4 is 4.90 Å². The van der Waals surface area contributed by atoms with Crippen LogP contribution in [0.15, 0.2) is 24.3 Å². The molecule has 0 unspecified atom stereocenters. The summed E-state index contributed by atoms with van der Waals surface area (Å²) in [6, 6.07) is 7.10. The number of likely N-dealkylation sites (N-methyl/N-ethyl adjacent to an activating group) is 1. The Hall–Kier alpha value is -2.04. The molecule has 104 valence electrons. The SMILES string of the molecule is Cc1ccc(N(C)C(=O)N(C)C(C)(C)C(=O)O)cc1. The van der Waals surface area contributed by atoms with Crippen LogP contribution in [0.4, 0.5) is 10.5 Å². The average Bonchev–Trinajstić information content (AvgIpc) is 2.36. The summed E-state index contributed by atoms with van der Waals surface area (Å²) in [6.07, 6.45) is 0. The Morgan fingerprint density at radius 1 is 1.11 bits per heavy atom. The lowest BCUT2D eigenvalue weighted by atomic mass is 10.0. The molecule has 0 radical (unpaired) electrons. The third-order valence-electron chi connectivity index (χ3n) is 3.36. The third-order valence-corrected chi connectivity index (χ3v) is 3.36. The van der Waals surface area contributed by atoms with Crippen LogP contribution in [0, 0.1) is 6.92 Å². The van der Waals surface area contributed by atoms with Gasteiger partial charge in [-0.3, -0.25) is 4.90 Å². The molecule has 0 aromatic heterocycles. The minimum Gasteiger partial charge on any atom is -0.480 e. The number of amides is 2. The Balaban J connectivity index is 2.94. The standard InChI is InChI=1S/C14H20N2O3/c1-10-6-8-11(9-7-10)15(4)13(19)16(5)14(2,3)12(17)18/h6-9H,1-5H3,(H,17,18). The number of hydrogen-bond acceptors (Lipinski definition) is 2. The zero-order valence-electron chi connectivity index (χ0n) is 12.0. The van der Waals surface area contributed by atoms with Crippen LogP contribution in [-0.4, -0.2) is 41.6 Å². The number of hydrogen-bond donors (Lipinski definition) is 1. The van der Waals surface area contributed by atoms with Crippen molar-refractivity contribution in [3.63, 3.8) is 0 Å². The lowest BCUT2D eigenvalue weighted by Crippen LogP contribution is -2.54. The number of aliphatic carboxylic acids is 1. The number of aryl methyl sites for hydroxylation is 1. The largest absolute Gasteiger partial charge is 0.480 e. The Labute approximate surface area is 113 Å². The highest BCUT2D eigenvalue weighted by molar-refractivity contribution is 5.95. The van der Waals surface area contributed by atoms with E-state index in [1.165, 1.54) is 30.7 Å². The zero-order valence-corrected chi connectivity index (χ0v) is 12.0. The Morgan fingerprint density at radius 2 is 1.58 bits per heavy atom. The van der Waals surface area contributed by atoms with Gasteiger partial charge in [-0.15, -0.1) is 0 Å². The highest BCUT2D eigenvalue weighted by atomic mass is 16.4. The second-order valence-electron chi connectivity index (χ2n) is 5.10. The fourth-order valence-corrected chi connectivity index (χ4v) is 1.49. The Kier molecular flexibility index (Phi) is 4.19. The van der Waals surface area contributed by atoms with E-state index in [0.29, 0.717) is 0 Å². The molecule has 5 nitrogen and oxygen atoms in total. The summed E-state index contributed by atoms with van der Waals surface area (Å²) < 4.78 is 0. The zero-order chi connectivity index (χ0) is 14.8. The summed E-state index contributed by atoms with van der Waals surface area (Å²) in [7, 11) is 3.11. The van der Waals surface area contributed by atoms with Gasteiger partial charge in [0.2, 0.25) is 0 Å². The molecule has 0 aliphatic carbocycles. The maximum absolute atomic E-state index is 12.3. The van der Waals surface area contributed by atoms with E-state index in [0.717, 1.165) is 11.3 Å². The molecule has 0 aliphatic rings. The van der Waals surface area contributed by atoms with E-state index in [1.54, 1.807) is 7.05 Å². The van der Waals surface area contributed by atoms with E-state index in [4.69, 9.17) is 5.11 Å². The minimum absolute atomic E-state index is 0.365. The highest BCUT2D eigenvalue weighted by Crippen LogP contribution is 2.19. The topological polar surface area (TPSA) is 60.9 Å². The summed E-state index contributed by atoms with van der Waals surface area (Å²) in [6.45, 7) is 4.96. The molecular formula is C14H20N2O3. The monoisotopic (exact) mass is 264 g/mol. The molecule has 1 rings (SSSR count). The predicted molar refractivity (Wildman–Crippen MR) is 74.5 cm³/mol. The van der Waals surface area contributed by atoms with E-state index in [1.807, 2.05) is 31.2 Å². The molecule has 0 heterocycles. The fourth-order valence-electron chi connectivity index (χ4n) is 1.49. The second kappa shape index (κ2) is 5.30. The normalized spacial score (nSPS) is 11.0. The number of nitrogens with zero attached hydrogens (tertiary/aromatic N) is 2. The van der Waals surface area contributed by atoms with E-state index < -0.39 is 11.5 Å². The predicted octanol–water partition coefficient (Wildman–Crippen LogP) is 2.35. The third kappa shape index (κ3) is 3.05. The summed E-state index contributed by atoms with van der Waals surface area (Å²) in [5, 5.41) is 9.14. The first-order valence-corrected chi connectivity index (χ1v) is 5.99. The smallest absolute Gasteiger partial charge is 0.329 e. The van der Waals surface area contributed by atoms with Crippen molar-refractivity contribution in [2.75, 3.05) is 19.0 Å². The van der Waals surface area contributed by atoms with Crippen LogP contribution in [-0.2, 0) is 4.79 Å². The summed E-state index contributed by atoms with van der Waals surface area (Å²) >= 11 is 0. The maximum atomic E-state index is 12.3. The molecule has 0 spiro atoms. The van der Waals surface area contributed by atoms with E-state index >= 15 is 0 Å². The quantitative estimate of drug-likeness (QED) is 0.911. The number of rotatable bonds is 3. The summed E-state index contributed by atoms with van der Waals surface area (Å²) in [4.78, 5) is 26.1. The Morgan fingerprint density at radius 3 is 2.00 bits per heavy atom. The van der Waals surface area contributed by atoms with Crippen LogP contribution in [0.1, 0.15) is 19.4 Å². The molecule has 0 bridgehead atoms. The molecular weight excluding hydrogens is 244 g/mol. The summed E-state index contributed by atoms with van der Waals surface area (Å²) in [5.74, 6) is -1.04. The molecule has 19 heavy (non-hydrogen) atoms. The number of carbonyl (C=O) groups excluding carboxylic acids is 1. The van der Waals surface area contributed by atoms with Gasteiger partial charge >= 0.3 is 12.0 Å². The first-order valence-electron chi connectivity index (χ1n) is 5.99. The van der Waals surface area contributed by atoms with Crippen LogP contribution >= 0.6 is 0 Å². The van der Waals surface area contributed by atoms with Crippen molar-refractivity contribution in [1.29, 1.82) is 0 Å². The van der Waals surface area contributed by atoms with Crippen LogP contribution in [0.25, 0.3) is 0 Å². The molecule has 0 atom stereocenters. The van der Waals surface area contributed by atoms with Gasteiger partial charge in [-0.05, 0) is 32.9 Å².